The van der Waals surface area contributed by atoms with Gasteiger partial charge in [0.15, 0.2) is 12.4 Å². The van der Waals surface area contributed by atoms with E-state index in [9.17, 15) is 44.2 Å². The number of nitrogens with one attached hydrogen (secondary N) is 1. The van der Waals surface area contributed by atoms with E-state index in [-0.39, 0.29) is 62.1 Å². The number of fused-ring (bicyclic) bond motifs is 18. The second-order valence-corrected chi connectivity index (χ2v) is 26.8. The van der Waals surface area contributed by atoms with E-state index in [0.717, 1.165) is 0 Å². The Morgan fingerprint density at radius 3 is 1.39 bits per heavy atom. The van der Waals surface area contributed by atoms with Crippen LogP contribution >= 0.6 is 12.0 Å². The fraction of sp³-hybridized carbons (Fsp3) is 0.0364. The minimum atomic E-state index is -5.02. The molecular formula is C55H33GaN10O13S4-3. The summed E-state index contributed by atoms with van der Waals surface area (Å²) in [4.78, 5) is 35.2. The summed E-state index contributed by atoms with van der Waals surface area (Å²) in [5.74, 6) is 1.07. The van der Waals surface area contributed by atoms with Crippen molar-refractivity contribution >= 4 is 166 Å². The number of hydrogen-bond acceptors (Lipinski definition) is 20. The average Bonchev–Trinajstić information content (AvgIpc) is 3.77. The van der Waals surface area contributed by atoms with Gasteiger partial charge in [-0.3, -0.25) is 0 Å². The van der Waals surface area contributed by atoms with Crippen LogP contribution in [-0.2, 0) is 39.7 Å². The van der Waals surface area contributed by atoms with Gasteiger partial charge in [-0.05, 0) is 0 Å². The summed E-state index contributed by atoms with van der Waals surface area (Å²) in [5.41, 5.74) is 3.50. The van der Waals surface area contributed by atoms with Crippen molar-refractivity contribution in [3.8, 4) is 0 Å². The van der Waals surface area contributed by atoms with E-state index in [1.165, 1.54) is 48.2 Å². The molecule has 28 heteroatoms. The molecule has 0 amide bonds. The van der Waals surface area contributed by atoms with Crippen molar-refractivity contribution in [1.29, 1.82) is 0 Å². The zero-order chi connectivity index (χ0) is 56.7. The molecule has 0 spiro atoms. The molecule has 0 unspecified atom stereocenters. The third-order valence-corrected chi connectivity index (χ3v) is 20.8. The fourth-order valence-electron chi connectivity index (χ4n) is 10.8. The number of aliphatic imine (C=N–C) groups is 4. The zero-order valence-corrected chi connectivity index (χ0v) is 48.2. The standard InChI is InChI=1S/C48H24N8O12S4.C7H10N2.Ga.H2O/c57-67-68-69-37-9-1-5-21-13-29-33(17-25(21)37)45-49-41(29)51-46-35-19-27-23(7-3-11-39(27)71(61,62)63)15-31(35)43(53-46)55-48-36-20-28-24(8-4-12-40(28)72(64,65)66)16-32(36)44(56-48)54-47-34-18-26-22(14-30(34)42(50-45)52-47)6-2-10-38(26)70(58,59)60;1-9(2)7-3-5-8-6-4-7;;/h1-20H,(H4-2,49,50,51,52,53,54,55,56,57,58,59,60,61,62,63,64,65,66);3-6H,1-2H3;;1H2/q-2;;+2;/p-3. The van der Waals surface area contributed by atoms with Gasteiger partial charge in [0.25, 0.3) is 0 Å². The third-order valence-electron chi connectivity index (χ3n) is 14.4. The molecule has 4 aliphatic heterocycles. The van der Waals surface area contributed by atoms with Crippen molar-refractivity contribution in [2.24, 2.45) is 30.0 Å². The first-order chi connectivity index (χ1) is 39.3. The molecule has 3 aromatic heterocycles. The molecule has 83 heavy (non-hydrogen) atoms. The normalized spacial score (nSPS) is 14.1. The van der Waals surface area contributed by atoms with Gasteiger partial charge in [0.05, 0.1) is 0 Å². The number of nitrogens with zero attached hydrogens (tertiary/aromatic N) is 9. The van der Waals surface area contributed by atoms with E-state index in [2.05, 4.69) is 14.9 Å². The number of rotatable bonds is 7. The van der Waals surface area contributed by atoms with Gasteiger partial charge in [0.2, 0.25) is 0 Å². The van der Waals surface area contributed by atoms with Crippen LogP contribution in [-0.4, -0.2) is 106 Å². The van der Waals surface area contributed by atoms with Crippen LogP contribution in [0.1, 0.15) is 22.3 Å². The zero-order valence-electron chi connectivity index (χ0n) is 42.5. The van der Waals surface area contributed by atoms with Gasteiger partial charge in [0.1, 0.15) is 0 Å². The van der Waals surface area contributed by atoms with E-state index in [1.807, 2.05) is 63.4 Å². The Bertz CT molecular complexity index is 5380. The second kappa shape index (κ2) is 19.7. The van der Waals surface area contributed by atoms with Crippen LogP contribution in [0.25, 0.3) is 64.6 Å². The van der Waals surface area contributed by atoms with Crippen LogP contribution in [0, 0.1) is 0 Å². The predicted molar refractivity (Wildman–Crippen MR) is 304 cm³/mol. The van der Waals surface area contributed by atoms with E-state index in [1.54, 1.807) is 60.7 Å². The number of benzene rings is 8. The van der Waals surface area contributed by atoms with Crippen LogP contribution < -0.4 is 26.1 Å². The monoisotopic (exact) mass is 1240 g/mol. The molecule has 0 saturated carbocycles. The molecule has 7 heterocycles. The molecule has 23 nitrogen and oxygen atoms in total. The molecular weight excluding hydrogens is 1210 g/mol. The van der Waals surface area contributed by atoms with Gasteiger partial charge in [-0.25, -0.2) is 4.98 Å². The molecule has 0 fully saturated rings. The summed E-state index contributed by atoms with van der Waals surface area (Å²) in [6.07, 6.45) is 3.82. The molecule has 0 saturated heterocycles. The van der Waals surface area contributed by atoms with Gasteiger partial charge >= 0.3 is 424 Å². The van der Waals surface area contributed by atoms with E-state index >= 15 is 0 Å². The van der Waals surface area contributed by atoms with Crippen LogP contribution in [0.3, 0.4) is 0 Å². The van der Waals surface area contributed by atoms with Crippen molar-refractivity contribution in [3.63, 3.8) is 0 Å². The summed E-state index contributed by atoms with van der Waals surface area (Å²) in [6, 6.07) is 35.7. The molecule has 15 rings (SSSR count). The van der Waals surface area contributed by atoms with Crippen molar-refractivity contribution in [3.05, 3.63) is 179 Å². The molecule has 4 aliphatic rings. The van der Waals surface area contributed by atoms with Gasteiger partial charge in [-0.1, -0.05) is 0 Å². The first-order valence-corrected chi connectivity index (χ1v) is 31.6. The van der Waals surface area contributed by atoms with Gasteiger partial charge in [-0.15, -0.1) is 0 Å². The predicted octanol–water partition coefficient (Wildman–Crippen LogP) is 4.77. The minimum absolute atomic E-state index is 0. The Kier molecular flexibility index (Phi) is 12.8. The number of aromatic nitrogens is 3. The Labute approximate surface area is 480 Å². The van der Waals surface area contributed by atoms with Crippen LogP contribution in [0.5, 0.6) is 0 Å². The molecule has 0 atom stereocenters. The Hall–Kier alpha value is -8.33. The third kappa shape index (κ3) is 8.94. The maximum absolute atomic E-state index is 12.8. The molecule has 11 aromatic rings. The quantitative estimate of drug-likeness (QED) is 0.0682. The summed E-state index contributed by atoms with van der Waals surface area (Å²) in [7, 11) is -11.0. The van der Waals surface area contributed by atoms with Crippen LogP contribution in [0.2, 0.25) is 0 Å². The number of amidine groups is 4. The van der Waals surface area contributed by atoms with E-state index in [0.29, 0.717) is 93.2 Å². The Balaban J connectivity index is 0.000000592. The molecule has 8 aromatic carbocycles. The summed E-state index contributed by atoms with van der Waals surface area (Å²) >= 11 is -1.74. The summed E-state index contributed by atoms with van der Waals surface area (Å²) in [6.45, 7) is 0. The first-order valence-electron chi connectivity index (χ1n) is 24.4. The Morgan fingerprint density at radius 2 is 0.892 bits per heavy atom. The van der Waals surface area contributed by atoms with Gasteiger partial charge in [0, 0.05) is 31.9 Å². The molecule has 3 N–H and O–H groups in total. The summed E-state index contributed by atoms with van der Waals surface area (Å²) < 4.78 is 124. The van der Waals surface area contributed by atoms with Crippen LogP contribution in [0.15, 0.2) is 195 Å². The van der Waals surface area contributed by atoms with Gasteiger partial charge < -0.3 is 10.4 Å². The van der Waals surface area contributed by atoms with E-state index < -0.39 is 62.9 Å². The van der Waals surface area contributed by atoms with Crippen molar-refractivity contribution in [2.75, 3.05) is 19.0 Å². The molecule has 0 aliphatic carbocycles. The van der Waals surface area contributed by atoms with Gasteiger partial charge in [-0.2, -0.15) is 0 Å². The molecule has 1 radical (unpaired) electrons. The SMILES string of the molecule is CN(C)c1cc[nH+]cc1.O.O=S(=O)([O-])c1cccc2cc3c(cc12)C1=Nc2c4cc5cccc(S(=O)(=O)[O-])c5cc4c4[n]2[Ga][n]2c(c5cc6cccc(S(=O)(=O)[O-])c6cc5c2=NC3=N1)=NC1=NC(=N4)c2cc3cccc(SOO[O-])c3cc21. The Morgan fingerprint density at radius 1 is 0.482 bits per heavy atom. The van der Waals surface area contributed by atoms with E-state index in [4.69, 9.17) is 34.3 Å². The fourth-order valence-corrected chi connectivity index (χ4v) is 16.4. The summed E-state index contributed by atoms with van der Waals surface area (Å²) in [5, 5.41) is 19.1. The second-order valence-electron chi connectivity index (χ2n) is 19.3. The average molecular weight is 1240 g/mol. The number of anilines is 1. The van der Waals surface area contributed by atoms with Crippen molar-refractivity contribution in [2.45, 2.75) is 19.6 Å². The van der Waals surface area contributed by atoms with Crippen LogP contribution in [0.4, 0.5) is 17.3 Å². The first kappa shape index (κ1) is 53.9. The number of pyridine rings is 1. The molecule has 6 bridgehead atoms. The number of aromatic amines is 1. The van der Waals surface area contributed by atoms with Crippen molar-refractivity contribution in [1.82, 2.24) is 6.55 Å². The molecule has 411 valence electrons. The van der Waals surface area contributed by atoms with Crippen molar-refractivity contribution < 1.29 is 64.0 Å². The number of H-pyrrole nitrogens is 1. The topological polar surface area (TPSA) is 346 Å². The maximum atomic E-state index is 12.8. The number of hydrogen-bond donors (Lipinski definition) is 0.